The summed E-state index contributed by atoms with van der Waals surface area (Å²) in [5.41, 5.74) is 0.868. The topological polar surface area (TPSA) is 103 Å². The summed E-state index contributed by atoms with van der Waals surface area (Å²) in [6.45, 7) is 4.24. The van der Waals surface area contributed by atoms with Crippen molar-refractivity contribution < 1.29 is 27.4 Å². The molecule has 162 valence electrons. The number of carbonyl (C=O) groups is 1. The molecule has 0 saturated carbocycles. The monoisotopic (exact) mass is 434 g/mol. The van der Waals surface area contributed by atoms with Crippen molar-refractivity contribution in [2.24, 2.45) is 5.92 Å². The summed E-state index contributed by atoms with van der Waals surface area (Å²) in [5.74, 6) is 1.57. The van der Waals surface area contributed by atoms with E-state index < -0.39 is 16.1 Å². The molecule has 2 aromatic rings. The average molecular weight is 435 g/mol. The Bertz CT molecular complexity index is 989. The quantitative estimate of drug-likeness (QED) is 0.628. The van der Waals surface area contributed by atoms with Crippen LogP contribution >= 0.6 is 0 Å². The van der Waals surface area contributed by atoms with Gasteiger partial charge in [-0.15, -0.1) is 0 Å². The highest BCUT2D eigenvalue weighted by Gasteiger charge is 2.25. The van der Waals surface area contributed by atoms with Crippen LogP contribution in [-0.4, -0.2) is 34.3 Å². The van der Waals surface area contributed by atoms with Gasteiger partial charge in [-0.1, -0.05) is 19.9 Å². The van der Waals surface area contributed by atoms with Crippen LogP contribution in [0, 0.1) is 5.92 Å². The average Bonchev–Trinajstić information content (AvgIpc) is 3.19. The minimum Gasteiger partial charge on any atom is -0.497 e. The van der Waals surface area contributed by atoms with Gasteiger partial charge in [0.1, 0.15) is 5.75 Å². The van der Waals surface area contributed by atoms with Crippen molar-refractivity contribution in [3.63, 3.8) is 0 Å². The van der Waals surface area contributed by atoms with Crippen LogP contribution in [0.5, 0.6) is 17.2 Å². The third kappa shape index (κ3) is 5.43. The Hall–Kier alpha value is -2.78. The Labute approximate surface area is 176 Å². The summed E-state index contributed by atoms with van der Waals surface area (Å²) >= 11 is 0. The molecule has 1 heterocycles. The predicted molar refractivity (Wildman–Crippen MR) is 111 cm³/mol. The molecule has 0 radical (unpaired) electrons. The maximum absolute atomic E-state index is 12.7. The Morgan fingerprint density at radius 2 is 1.80 bits per heavy atom. The first-order valence-electron chi connectivity index (χ1n) is 9.60. The van der Waals surface area contributed by atoms with Gasteiger partial charge in [0.2, 0.25) is 22.7 Å². The van der Waals surface area contributed by atoms with Gasteiger partial charge in [0, 0.05) is 19.0 Å². The normalized spacial score (nSPS) is 13.9. The van der Waals surface area contributed by atoms with E-state index in [4.69, 9.17) is 14.2 Å². The molecule has 0 saturated heterocycles. The van der Waals surface area contributed by atoms with Crippen molar-refractivity contribution in [3.8, 4) is 17.2 Å². The van der Waals surface area contributed by atoms with Crippen LogP contribution in [0.25, 0.3) is 0 Å². The summed E-state index contributed by atoms with van der Waals surface area (Å²) in [7, 11) is -2.25. The molecule has 3 rings (SSSR count). The van der Waals surface area contributed by atoms with E-state index in [1.54, 1.807) is 18.2 Å². The molecule has 0 aliphatic carbocycles. The maximum Gasteiger partial charge on any atom is 0.240 e. The van der Waals surface area contributed by atoms with E-state index >= 15 is 0 Å². The lowest BCUT2D eigenvalue weighted by Gasteiger charge is -2.22. The summed E-state index contributed by atoms with van der Waals surface area (Å²) in [5, 5.41) is 2.83. The number of carbonyl (C=O) groups excluding carboxylic acids is 1. The molecule has 0 unspecified atom stereocenters. The molecule has 1 aliphatic heterocycles. The minimum absolute atomic E-state index is 0.0254. The van der Waals surface area contributed by atoms with Gasteiger partial charge in [-0.05, 0) is 47.9 Å². The van der Waals surface area contributed by atoms with Gasteiger partial charge in [0.25, 0.3) is 0 Å². The van der Waals surface area contributed by atoms with Gasteiger partial charge in [-0.25, -0.2) is 13.1 Å². The van der Waals surface area contributed by atoms with Crippen LogP contribution in [0.1, 0.15) is 25.8 Å². The zero-order chi connectivity index (χ0) is 21.7. The molecular weight excluding hydrogens is 408 g/mol. The summed E-state index contributed by atoms with van der Waals surface area (Å²) in [6, 6.07) is 11.0. The number of ether oxygens (including phenoxy) is 3. The lowest BCUT2D eigenvalue weighted by molar-refractivity contribution is -0.121. The minimum atomic E-state index is -3.77. The number of sulfonamides is 1. The highest BCUT2D eigenvalue weighted by atomic mass is 32.2. The van der Waals surface area contributed by atoms with Crippen molar-refractivity contribution in [2.45, 2.75) is 37.8 Å². The van der Waals surface area contributed by atoms with Gasteiger partial charge in [0.05, 0.1) is 12.0 Å². The number of nitrogens with one attached hydrogen (secondary N) is 2. The summed E-state index contributed by atoms with van der Waals surface area (Å²) in [4.78, 5) is 12.6. The van der Waals surface area contributed by atoms with E-state index in [-0.39, 0.29) is 29.9 Å². The number of benzene rings is 2. The molecule has 8 nitrogen and oxygen atoms in total. The van der Waals surface area contributed by atoms with E-state index in [2.05, 4.69) is 10.0 Å². The lowest BCUT2D eigenvalue weighted by atomic mass is 10.0. The maximum atomic E-state index is 12.7. The van der Waals surface area contributed by atoms with Gasteiger partial charge in [0.15, 0.2) is 11.5 Å². The lowest BCUT2D eigenvalue weighted by Crippen LogP contribution is -2.42. The van der Waals surface area contributed by atoms with Crippen LogP contribution < -0.4 is 24.2 Å². The smallest absolute Gasteiger partial charge is 0.240 e. The molecule has 1 aliphatic rings. The Morgan fingerprint density at radius 3 is 2.47 bits per heavy atom. The first-order valence-corrected chi connectivity index (χ1v) is 11.1. The number of methoxy groups -OCH3 is 1. The van der Waals surface area contributed by atoms with Crippen molar-refractivity contribution in [1.82, 2.24) is 10.0 Å². The standard InChI is InChI=1S/C21H26N2O6S/c1-14(2)18(23-30(25,26)17-7-5-16(27-3)6-8-17)11-21(24)22-12-15-4-9-19-20(10-15)29-13-28-19/h4-10,14,18,23H,11-13H2,1-3H3,(H,22,24)/t18-/m1/s1. The summed E-state index contributed by atoms with van der Waals surface area (Å²) in [6.07, 6.45) is 0.0254. The number of amides is 1. The van der Waals surface area contributed by atoms with Crippen LogP contribution in [0.15, 0.2) is 47.4 Å². The van der Waals surface area contributed by atoms with Crippen LogP contribution in [0.4, 0.5) is 0 Å². The van der Waals surface area contributed by atoms with Crippen molar-refractivity contribution >= 4 is 15.9 Å². The second-order valence-electron chi connectivity index (χ2n) is 7.32. The van der Waals surface area contributed by atoms with Gasteiger partial charge in [-0.3, -0.25) is 4.79 Å². The molecule has 0 fully saturated rings. The first kappa shape index (κ1) is 21.9. The Balaban J connectivity index is 1.59. The molecule has 2 aromatic carbocycles. The largest absolute Gasteiger partial charge is 0.497 e. The summed E-state index contributed by atoms with van der Waals surface area (Å²) < 4.78 is 43.7. The van der Waals surface area contributed by atoms with E-state index in [0.29, 0.717) is 23.8 Å². The third-order valence-corrected chi connectivity index (χ3v) is 6.32. The van der Waals surface area contributed by atoms with Gasteiger partial charge < -0.3 is 19.5 Å². The predicted octanol–water partition coefficient (Wildman–Crippen LogP) is 2.43. The number of rotatable bonds is 9. The molecule has 9 heteroatoms. The molecular formula is C21H26N2O6S. The number of fused-ring (bicyclic) bond motifs is 1. The van der Waals surface area contributed by atoms with Crippen LogP contribution in [-0.2, 0) is 21.4 Å². The first-order chi connectivity index (χ1) is 14.3. The Kier molecular flexibility index (Phi) is 6.84. The van der Waals surface area contributed by atoms with Crippen molar-refractivity contribution in [1.29, 1.82) is 0 Å². The fraction of sp³-hybridized carbons (Fsp3) is 0.381. The zero-order valence-electron chi connectivity index (χ0n) is 17.2. The van der Waals surface area contributed by atoms with E-state index in [1.807, 2.05) is 26.0 Å². The number of hydrogen-bond donors (Lipinski definition) is 2. The van der Waals surface area contributed by atoms with Crippen molar-refractivity contribution in [3.05, 3.63) is 48.0 Å². The second-order valence-corrected chi connectivity index (χ2v) is 9.03. The van der Waals surface area contributed by atoms with Gasteiger partial charge >= 0.3 is 0 Å². The molecule has 1 amide bonds. The van der Waals surface area contributed by atoms with E-state index in [1.165, 1.54) is 19.2 Å². The van der Waals surface area contributed by atoms with E-state index in [9.17, 15) is 13.2 Å². The third-order valence-electron chi connectivity index (χ3n) is 4.81. The zero-order valence-corrected chi connectivity index (χ0v) is 18.0. The second kappa shape index (κ2) is 9.36. The fourth-order valence-electron chi connectivity index (χ4n) is 2.96. The van der Waals surface area contributed by atoms with Crippen LogP contribution in [0.3, 0.4) is 0 Å². The van der Waals surface area contributed by atoms with Crippen molar-refractivity contribution in [2.75, 3.05) is 13.9 Å². The molecule has 30 heavy (non-hydrogen) atoms. The molecule has 0 bridgehead atoms. The van der Waals surface area contributed by atoms with Gasteiger partial charge in [-0.2, -0.15) is 0 Å². The highest BCUT2D eigenvalue weighted by molar-refractivity contribution is 7.89. The number of hydrogen-bond acceptors (Lipinski definition) is 6. The Morgan fingerprint density at radius 1 is 1.10 bits per heavy atom. The fourth-order valence-corrected chi connectivity index (χ4v) is 4.34. The molecule has 2 N–H and O–H groups in total. The molecule has 0 aromatic heterocycles. The van der Waals surface area contributed by atoms with Crippen LogP contribution in [0.2, 0.25) is 0 Å². The SMILES string of the molecule is COc1ccc(S(=O)(=O)N[C@H](CC(=O)NCc2ccc3c(c2)OCO3)C(C)C)cc1. The highest BCUT2D eigenvalue weighted by Crippen LogP contribution is 2.32. The van der Waals surface area contributed by atoms with E-state index in [0.717, 1.165) is 5.56 Å². The molecule has 1 atom stereocenters. The molecule has 0 spiro atoms.